The van der Waals surface area contributed by atoms with Crippen LogP contribution in [0, 0.1) is 5.92 Å². The fraction of sp³-hybridized carbons (Fsp3) is 0.385. The van der Waals surface area contributed by atoms with Gasteiger partial charge in [-0.05, 0) is 36.6 Å². The highest BCUT2D eigenvalue weighted by Crippen LogP contribution is 2.29. The van der Waals surface area contributed by atoms with E-state index in [0.717, 1.165) is 37.2 Å². The molecule has 0 aliphatic carbocycles. The summed E-state index contributed by atoms with van der Waals surface area (Å²) in [5, 5.41) is 3.24. The third-order valence-corrected chi connectivity index (χ3v) is 2.90. The van der Waals surface area contributed by atoms with E-state index in [1.165, 1.54) is 12.1 Å². The molecule has 18 heavy (non-hydrogen) atoms. The Labute approximate surface area is 110 Å². The van der Waals surface area contributed by atoms with Crippen molar-refractivity contribution in [3.63, 3.8) is 0 Å². The fourth-order valence-corrected chi connectivity index (χ4v) is 1.87. The molecule has 2 rings (SSSR count). The van der Waals surface area contributed by atoms with E-state index in [-0.39, 0.29) is 12.4 Å². The first-order chi connectivity index (χ1) is 8.05. The summed E-state index contributed by atoms with van der Waals surface area (Å²) in [6, 6.07) is 5.24. The molecule has 1 aromatic carbocycles. The molecule has 0 unspecified atom stereocenters. The lowest BCUT2D eigenvalue weighted by Crippen LogP contribution is -2.07. The number of hydrogen-bond acceptors (Lipinski definition) is 1. The smallest absolute Gasteiger partial charge is 0.316 e. The van der Waals surface area contributed by atoms with Gasteiger partial charge in [0.15, 0.2) is 0 Å². The summed E-state index contributed by atoms with van der Waals surface area (Å²) in [7, 11) is 0. The van der Waals surface area contributed by atoms with Crippen molar-refractivity contribution in [1.82, 2.24) is 5.32 Å². The maximum absolute atomic E-state index is 12.3. The third kappa shape index (κ3) is 4.03. The van der Waals surface area contributed by atoms with Gasteiger partial charge in [0.05, 0.1) is 5.56 Å². The van der Waals surface area contributed by atoms with Crippen LogP contribution in [-0.2, 0) is 6.18 Å². The van der Waals surface area contributed by atoms with Crippen LogP contribution < -0.4 is 5.32 Å². The summed E-state index contributed by atoms with van der Waals surface area (Å²) in [5.41, 5.74) is 0.210. The van der Waals surface area contributed by atoms with Crippen molar-refractivity contribution < 1.29 is 13.2 Å². The second-order valence-electron chi connectivity index (χ2n) is 4.23. The van der Waals surface area contributed by atoms with E-state index in [2.05, 4.69) is 11.4 Å². The van der Waals surface area contributed by atoms with Gasteiger partial charge in [-0.25, -0.2) is 0 Å². The zero-order valence-corrected chi connectivity index (χ0v) is 10.5. The summed E-state index contributed by atoms with van der Waals surface area (Å²) in [6.45, 7) is 1.97. The predicted molar refractivity (Wildman–Crippen MR) is 68.7 cm³/mol. The van der Waals surface area contributed by atoms with Gasteiger partial charge in [0.1, 0.15) is 0 Å². The number of halogens is 4. The predicted octanol–water partition coefficient (Wildman–Crippen LogP) is 3.75. The average Bonchev–Trinajstić information content (AvgIpc) is 2.78. The zero-order valence-electron chi connectivity index (χ0n) is 9.70. The topological polar surface area (TPSA) is 12.0 Å². The van der Waals surface area contributed by atoms with Gasteiger partial charge in [0.2, 0.25) is 0 Å². The number of rotatable bonds is 2. The lowest BCUT2D eigenvalue weighted by Gasteiger charge is -2.06. The SMILES string of the molecule is Cl.FC(F)(F)c1ccc(/C=C\[C@H]2CCNC2)cc1. The Morgan fingerprint density at radius 1 is 1.17 bits per heavy atom. The monoisotopic (exact) mass is 277 g/mol. The van der Waals surface area contributed by atoms with Crippen LogP contribution in [0.25, 0.3) is 6.08 Å². The number of alkyl halides is 3. The molecule has 0 bridgehead atoms. The molecule has 0 amide bonds. The van der Waals surface area contributed by atoms with Crippen LogP contribution in [0.3, 0.4) is 0 Å². The quantitative estimate of drug-likeness (QED) is 0.868. The third-order valence-electron chi connectivity index (χ3n) is 2.90. The number of hydrogen-bond donors (Lipinski definition) is 1. The van der Waals surface area contributed by atoms with Gasteiger partial charge in [-0.15, -0.1) is 12.4 Å². The zero-order chi connectivity index (χ0) is 12.3. The van der Waals surface area contributed by atoms with Crippen molar-refractivity contribution >= 4 is 18.5 Å². The first-order valence-electron chi connectivity index (χ1n) is 5.62. The maximum atomic E-state index is 12.3. The molecule has 1 aromatic rings. The summed E-state index contributed by atoms with van der Waals surface area (Å²) in [6.07, 6.45) is 0.787. The molecule has 1 aliphatic heterocycles. The van der Waals surface area contributed by atoms with Gasteiger partial charge >= 0.3 is 6.18 Å². The van der Waals surface area contributed by atoms with Crippen LogP contribution in [0.4, 0.5) is 13.2 Å². The summed E-state index contributed by atoms with van der Waals surface area (Å²) < 4.78 is 37.0. The number of benzene rings is 1. The molecule has 0 spiro atoms. The Hall–Kier alpha value is -1.00. The van der Waals surface area contributed by atoms with Crippen LogP contribution in [0.5, 0.6) is 0 Å². The Balaban J connectivity index is 0.00000162. The Morgan fingerprint density at radius 2 is 1.83 bits per heavy atom. The van der Waals surface area contributed by atoms with Crippen LogP contribution in [-0.4, -0.2) is 13.1 Å². The van der Waals surface area contributed by atoms with E-state index < -0.39 is 11.7 Å². The molecular formula is C13H15ClF3N. The molecule has 1 aliphatic rings. The first-order valence-corrected chi connectivity index (χ1v) is 5.62. The van der Waals surface area contributed by atoms with Gasteiger partial charge in [-0.3, -0.25) is 0 Å². The van der Waals surface area contributed by atoms with E-state index in [1.54, 1.807) is 0 Å². The van der Waals surface area contributed by atoms with Gasteiger partial charge < -0.3 is 5.32 Å². The lowest BCUT2D eigenvalue weighted by atomic mass is 10.1. The second kappa shape index (κ2) is 6.25. The molecule has 0 radical (unpaired) electrons. The molecule has 1 saturated heterocycles. The molecule has 1 atom stereocenters. The Bertz CT molecular complexity index is 392. The van der Waals surface area contributed by atoms with Crippen LogP contribution in [0.2, 0.25) is 0 Å². The minimum atomic E-state index is -4.25. The Morgan fingerprint density at radius 3 is 2.33 bits per heavy atom. The van der Waals surface area contributed by atoms with E-state index >= 15 is 0 Å². The highest BCUT2D eigenvalue weighted by molar-refractivity contribution is 5.85. The summed E-state index contributed by atoms with van der Waals surface area (Å²) in [5.74, 6) is 0.497. The second-order valence-corrected chi connectivity index (χ2v) is 4.23. The molecule has 100 valence electrons. The molecular weight excluding hydrogens is 263 g/mol. The van der Waals surface area contributed by atoms with Crippen molar-refractivity contribution in [2.45, 2.75) is 12.6 Å². The maximum Gasteiger partial charge on any atom is 0.416 e. The van der Waals surface area contributed by atoms with Gasteiger partial charge in [0, 0.05) is 6.54 Å². The minimum Gasteiger partial charge on any atom is -0.316 e. The van der Waals surface area contributed by atoms with Crippen molar-refractivity contribution in [1.29, 1.82) is 0 Å². The molecule has 5 heteroatoms. The van der Waals surface area contributed by atoms with E-state index in [1.807, 2.05) is 6.08 Å². The molecule has 0 saturated carbocycles. The normalized spacial score (nSPS) is 20.1. The van der Waals surface area contributed by atoms with Gasteiger partial charge in [0.25, 0.3) is 0 Å². The van der Waals surface area contributed by atoms with E-state index in [4.69, 9.17) is 0 Å². The molecule has 1 nitrogen and oxygen atoms in total. The van der Waals surface area contributed by atoms with Gasteiger partial charge in [-0.1, -0.05) is 24.3 Å². The Kier molecular flexibility index (Phi) is 5.23. The fourth-order valence-electron chi connectivity index (χ4n) is 1.87. The molecule has 1 N–H and O–H groups in total. The molecule has 1 heterocycles. The average molecular weight is 278 g/mol. The molecule has 1 fully saturated rings. The highest BCUT2D eigenvalue weighted by Gasteiger charge is 2.29. The van der Waals surface area contributed by atoms with Crippen LogP contribution in [0.1, 0.15) is 17.5 Å². The van der Waals surface area contributed by atoms with Crippen molar-refractivity contribution in [2.24, 2.45) is 5.92 Å². The number of nitrogens with one attached hydrogen (secondary N) is 1. The highest BCUT2D eigenvalue weighted by atomic mass is 35.5. The van der Waals surface area contributed by atoms with Crippen molar-refractivity contribution in [2.75, 3.05) is 13.1 Å². The largest absolute Gasteiger partial charge is 0.416 e. The van der Waals surface area contributed by atoms with E-state index in [9.17, 15) is 13.2 Å². The minimum absolute atomic E-state index is 0. The summed E-state index contributed by atoms with van der Waals surface area (Å²) >= 11 is 0. The first kappa shape index (κ1) is 15.1. The standard InChI is InChI=1S/C13H14F3N.ClH/c14-13(15,16)12-5-3-10(4-6-12)1-2-11-7-8-17-9-11;/h1-6,11,17H,7-9H2;1H/b2-1-;/t11-;/m0./s1. The van der Waals surface area contributed by atoms with Crippen molar-refractivity contribution in [3.05, 3.63) is 41.5 Å². The van der Waals surface area contributed by atoms with Crippen LogP contribution >= 0.6 is 12.4 Å². The summed E-state index contributed by atoms with van der Waals surface area (Å²) in [4.78, 5) is 0. The van der Waals surface area contributed by atoms with Gasteiger partial charge in [-0.2, -0.15) is 13.2 Å². The van der Waals surface area contributed by atoms with E-state index in [0.29, 0.717) is 5.92 Å². The molecule has 0 aromatic heterocycles. The van der Waals surface area contributed by atoms with Crippen LogP contribution in [0.15, 0.2) is 30.3 Å². The van der Waals surface area contributed by atoms with Crippen molar-refractivity contribution in [3.8, 4) is 0 Å². The lowest BCUT2D eigenvalue weighted by molar-refractivity contribution is -0.137.